The fourth-order valence-corrected chi connectivity index (χ4v) is 3.71. The highest BCUT2D eigenvalue weighted by Crippen LogP contribution is 2.24. The van der Waals surface area contributed by atoms with Crippen molar-refractivity contribution in [3.63, 3.8) is 0 Å². The second kappa shape index (κ2) is 8.77. The molecule has 25 heavy (non-hydrogen) atoms. The molecule has 0 radical (unpaired) electrons. The average molecular weight is 353 g/mol. The minimum absolute atomic E-state index is 0.0919. The Bertz CT molecular complexity index is 657. The van der Waals surface area contributed by atoms with E-state index >= 15 is 0 Å². The molecule has 1 aliphatic carbocycles. The third-order valence-corrected chi connectivity index (χ3v) is 4.93. The summed E-state index contributed by atoms with van der Waals surface area (Å²) in [6, 6.07) is 20.0. The highest BCUT2D eigenvalue weighted by molar-refractivity contribution is 7.80. The van der Waals surface area contributed by atoms with Gasteiger partial charge in [0.15, 0.2) is 5.11 Å². The van der Waals surface area contributed by atoms with Crippen LogP contribution in [0.2, 0.25) is 0 Å². The van der Waals surface area contributed by atoms with Crippen LogP contribution in [0.4, 0.5) is 0 Å². The Hall–Kier alpha value is -2.20. The van der Waals surface area contributed by atoms with Crippen molar-refractivity contribution in [2.45, 2.75) is 44.1 Å². The number of benzene rings is 2. The van der Waals surface area contributed by atoms with Crippen LogP contribution >= 0.6 is 12.2 Å². The SMILES string of the molecule is O=C(NC(=S)NC1CCCCC1)C(c1ccccc1)c1ccccc1. The van der Waals surface area contributed by atoms with Gasteiger partial charge in [-0.25, -0.2) is 0 Å². The van der Waals surface area contributed by atoms with Crippen LogP contribution in [0, 0.1) is 0 Å². The summed E-state index contributed by atoms with van der Waals surface area (Å²) in [6.45, 7) is 0. The molecule has 0 bridgehead atoms. The number of rotatable bonds is 4. The summed E-state index contributed by atoms with van der Waals surface area (Å²) in [6.07, 6.45) is 5.99. The van der Waals surface area contributed by atoms with Crippen molar-refractivity contribution in [3.05, 3.63) is 71.8 Å². The molecule has 1 fully saturated rings. The molecule has 0 spiro atoms. The Morgan fingerprint density at radius 2 is 1.40 bits per heavy atom. The zero-order valence-corrected chi connectivity index (χ0v) is 15.1. The Balaban J connectivity index is 1.72. The third-order valence-electron chi connectivity index (χ3n) is 4.71. The molecule has 0 unspecified atom stereocenters. The zero-order valence-electron chi connectivity index (χ0n) is 14.3. The van der Waals surface area contributed by atoms with Gasteiger partial charge in [-0.05, 0) is 36.2 Å². The normalized spacial score (nSPS) is 14.9. The summed E-state index contributed by atoms with van der Waals surface area (Å²) < 4.78 is 0. The van der Waals surface area contributed by atoms with Gasteiger partial charge < -0.3 is 10.6 Å². The van der Waals surface area contributed by atoms with Crippen LogP contribution in [-0.2, 0) is 4.79 Å². The van der Waals surface area contributed by atoms with Gasteiger partial charge in [0.1, 0.15) is 0 Å². The van der Waals surface area contributed by atoms with Gasteiger partial charge in [0.05, 0.1) is 5.92 Å². The molecule has 3 nitrogen and oxygen atoms in total. The second-order valence-corrected chi connectivity index (χ2v) is 6.96. The summed E-state index contributed by atoms with van der Waals surface area (Å²) in [4.78, 5) is 13.0. The molecule has 3 rings (SSSR count). The molecular formula is C21H24N2OS. The topological polar surface area (TPSA) is 41.1 Å². The molecule has 0 saturated heterocycles. The van der Waals surface area contributed by atoms with Crippen molar-refractivity contribution < 1.29 is 4.79 Å². The summed E-state index contributed by atoms with van der Waals surface area (Å²) in [5.74, 6) is -0.459. The quantitative estimate of drug-likeness (QED) is 0.813. The van der Waals surface area contributed by atoms with Crippen molar-refractivity contribution in [1.82, 2.24) is 10.6 Å². The van der Waals surface area contributed by atoms with E-state index in [1.165, 1.54) is 19.3 Å². The Morgan fingerprint density at radius 3 is 1.92 bits per heavy atom. The van der Waals surface area contributed by atoms with Crippen LogP contribution in [0.5, 0.6) is 0 Å². The average Bonchev–Trinajstić information content (AvgIpc) is 2.64. The molecule has 2 aromatic carbocycles. The van der Waals surface area contributed by atoms with Crippen LogP contribution in [0.1, 0.15) is 49.1 Å². The minimum atomic E-state index is -0.367. The van der Waals surface area contributed by atoms with Crippen molar-refractivity contribution in [3.8, 4) is 0 Å². The van der Waals surface area contributed by atoms with Gasteiger partial charge in [-0.15, -0.1) is 0 Å². The molecule has 4 heteroatoms. The van der Waals surface area contributed by atoms with Crippen LogP contribution in [0.3, 0.4) is 0 Å². The fourth-order valence-electron chi connectivity index (χ4n) is 3.44. The summed E-state index contributed by atoms with van der Waals surface area (Å²) >= 11 is 5.39. The van der Waals surface area contributed by atoms with Gasteiger partial charge in [-0.2, -0.15) is 0 Å². The first kappa shape index (κ1) is 17.6. The second-order valence-electron chi connectivity index (χ2n) is 6.55. The third kappa shape index (κ3) is 4.89. The first-order chi connectivity index (χ1) is 12.2. The van der Waals surface area contributed by atoms with Crippen LogP contribution in [0.25, 0.3) is 0 Å². The van der Waals surface area contributed by atoms with E-state index in [0.29, 0.717) is 11.2 Å². The predicted molar refractivity (Wildman–Crippen MR) is 105 cm³/mol. The number of thiocarbonyl (C=S) groups is 1. The summed E-state index contributed by atoms with van der Waals surface area (Å²) in [5.41, 5.74) is 1.93. The molecular weight excluding hydrogens is 328 g/mol. The van der Waals surface area contributed by atoms with Gasteiger partial charge in [0.25, 0.3) is 0 Å². The van der Waals surface area contributed by atoms with E-state index in [4.69, 9.17) is 12.2 Å². The van der Waals surface area contributed by atoms with Crippen molar-refractivity contribution >= 4 is 23.2 Å². The maximum Gasteiger partial charge on any atom is 0.238 e. The molecule has 2 aromatic rings. The van der Waals surface area contributed by atoms with E-state index in [1.807, 2.05) is 60.7 Å². The van der Waals surface area contributed by atoms with Crippen LogP contribution < -0.4 is 10.6 Å². The first-order valence-electron chi connectivity index (χ1n) is 8.95. The van der Waals surface area contributed by atoms with Crippen LogP contribution in [0.15, 0.2) is 60.7 Å². The number of nitrogens with one attached hydrogen (secondary N) is 2. The van der Waals surface area contributed by atoms with E-state index in [1.54, 1.807) is 0 Å². The fraction of sp³-hybridized carbons (Fsp3) is 0.333. The van der Waals surface area contributed by atoms with E-state index < -0.39 is 0 Å². The monoisotopic (exact) mass is 352 g/mol. The van der Waals surface area contributed by atoms with Gasteiger partial charge in [-0.1, -0.05) is 79.9 Å². The lowest BCUT2D eigenvalue weighted by molar-refractivity contribution is -0.120. The first-order valence-corrected chi connectivity index (χ1v) is 9.36. The lowest BCUT2D eigenvalue weighted by Gasteiger charge is -2.25. The van der Waals surface area contributed by atoms with Crippen molar-refractivity contribution in [2.75, 3.05) is 0 Å². The molecule has 0 heterocycles. The van der Waals surface area contributed by atoms with E-state index in [2.05, 4.69) is 10.6 Å². The molecule has 2 N–H and O–H groups in total. The lowest BCUT2D eigenvalue weighted by Crippen LogP contribution is -2.46. The van der Waals surface area contributed by atoms with Crippen molar-refractivity contribution in [1.29, 1.82) is 0 Å². The highest BCUT2D eigenvalue weighted by Gasteiger charge is 2.24. The van der Waals surface area contributed by atoms with Crippen LogP contribution in [-0.4, -0.2) is 17.1 Å². The van der Waals surface area contributed by atoms with E-state index in [0.717, 1.165) is 24.0 Å². The van der Waals surface area contributed by atoms with Gasteiger partial charge >= 0.3 is 0 Å². The predicted octanol–water partition coefficient (Wildman–Crippen LogP) is 4.14. The maximum absolute atomic E-state index is 13.0. The smallest absolute Gasteiger partial charge is 0.238 e. The van der Waals surface area contributed by atoms with Gasteiger partial charge in [0, 0.05) is 6.04 Å². The summed E-state index contributed by atoms with van der Waals surface area (Å²) in [5, 5.41) is 6.65. The zero-order chi connectivity index (χ0) is 17.5. The molecule has 130 valence electrons. The number of carbonyl (C=O) groups is 1. The standard InChI is InChI=1S/C21H24N2OS/c24-20(23-21(25)22-18-14-8-3-9-15-18)19(16-10-4-1-5-11-16)17-12-6-2-7-13-17/h1-2,4-7,10-13,18-19H,3,8-9,14-15H2,(H2,22,23,24,25). The highest BCUT2D eigenvalue weighted by atomic mass is 32.1. The molecule has 1 saturated carbocycles. The minimum Gasteiger partial charge on any atom is -0.360 e. The van der Waals surface area contributed by atoms with Gasteiger partial charge in [-0.3, -0.25) is 4.79 Å². The Kier molecular flexibility index (Phi) is 6.18. The number of hydrogen-bond donors (Lipinski definition) is 2. The molecule has 1 aliphatic rings. The molecule has 0 aromatic heterocycles. The number of amides is 1. The number of hydrogen-bond acceptors (Lipinski definition) is 2. The largest absolute Gasteiger partial charge is 0.360 e. The molecule has 0 atom stereocenters. The Morgan fingerprint density at radius 1 is 0.880 bits per heavy atom. The van der Waals surface area contributed by atoms with Gasteiger partial charge in [0.2, 0.25) is 5.91 Å². The van der Waals surface area contributed by atoms with Crippen molar-refractivity contribution in [2.24, 2.45) is 0 Å². The molecule has 1 amide bonds. The van der Waals surface area contributed by atoms with E-state index in [-0.39, 0.29) is 11.8 Å². The molecule has 0 aliphatic heterocycles. The Labute approximate surface area is 154 Å². The van der Waals surface area contributed by atoms with E-state index in [9.17, 15) is 4.79 Å². The maximum atomic E-state index is 13.0. The number of carbonyl (C=O) groups excluding carboxylic acids is 1. The lowest BCUT2D eigenvalue weighted by atomic mass is 9.90. The summed E-state index contributed by atoms with van der Waals surface area (Å²) in [7, 11) is 0.